The van der Waals surface area contributed by atoms with Crippen LogP contribution in [-0.4, -0.2) is 5.11 Å². The maximum atomic E-state index is 12.9. The highest BCUT2D eigenvalue weighted by molar-refractivity contribution is 6.30. The van der Waals surface area contributed by atoms with Crippen molar-refractivity contribution in [3.63, 3.8) is 0 Å². The van der Waals surface area contributed by atoms with Crippen molar-refractivity contribution in [2.24, 2.45) is 0 Å². The lowest BCUT2D eigenvalue weighted by molar-refractivity contribution is 0.475. The second-order valence-electron chi connectivity index (χ2n) is 4.02. The number of halogens is 2. The summed E-state index contributed by atoms with van der Waals surface area (Å²) in [7, 11) is 0. The van der Waals surface area contributed by atoms with Crippen LogP contribution in [-0.2, 0) is 13.1 Å². The van der Waals surface area contributed by atoms with Crippen LogP contribution in [0, 0.1) is 5.82 Å². The summed E-state index contributed by atoms with van der Waals surface area (Å²) in [4.78, 5) is 0. The number of nitrogens with one attached hydrogen (secondary N) is 1. The molecule has 0 aromatic heterocycles. The van der Waals surface area contributed by atoms with Crippen molar-refractivity contribution < 1.29 is 9.50 Å². The van der Waals surface area contributed by atoms with Gasteiger partial charge in [0.1, 0.15) is 11.6 Å². The van der Waals surface area contributed by atoms with Crippen molar-refractivity contribution in [1.82, 2.24) is 5.32 Å². The molecular weight excluding hydrogens is 253 g/mol. The maximum Gasteiger partial charge on any atom is 0.141 e. The molecule has 94 valence electrons. The van der Waals surface area contributed by atoms with Gasteiger partial charge in [-0.25, -0.2) is 4.39 Å². The Bertz CT molecular complexity index is 528. The van der Waals surface area contributed by atoms with Gasteiger partial charge in [-0.2, -0.15) is 0 Å². The van der Waals surface area contributed by atoms with Gasteiger partial charge in [0.15, 0.2) is 0 Å². The molecule has 2 aromatic rings. The molecule has 0 bridgehead atoms. The van der Waals surface area contributed by atoms with Gasteiger partial charge in [-0.05, 0) is 35.4 Å². The topological polar surface area (TPSA) is 32.3 Å². The van der Waals surface area contributed by atoms with Crippen LogP contribution in [0.3, 0.4) is 0 Å². The second kappa shape index (κ2) is 5.85. The minimum Gasteiger partial charge on any atom is -0.508 e. The Kier molecular flexibility index (Phi) is 4.18. The van der Waals surface area contributed by atoms with Crippen molar-refractivity contribution in [1.29, 1.82) is 0 Å². The van der Waals surface area contributed by atoms with E-state index in [2.05, 4.69) is 5.32 Å². The van der Waals surface area contributed by atoms with Crippen molar-refractivity contribution in [2.45, 2.75) is 13.1 Å². The average molecular weight is 266 g/mol. The molecular formula is C14H13ClFNO. The lowest BCUT2D eigenvalue weighted by Crippen LogP contribution is -2.12. The third-order valence-corrected chi connectivity index (χ3v) is 2.87. The summed E-state index contributed by atoms with van der Waals surface area (Å²) in [6, 6.07) is 11.7. The molecule has 0 amide bonds. The molecule has 0 spiro atoms. The van der Waals surface area contributed by atoms with Crippen LogP contribution in [0.2, 0.25) is 5.02 Å². The molecule has 0 heterocycles. The SMILES string of the molecule is Oc1ccc(CNCc2ccc(F)c(Cl)c2)cc1. The quantitative estimate of drug-likeness (QED) is 0.887. The summed E-state index contributed by atoms with van der Waals surface area (Å²) in [6.45, 7) is 1.29. The van der Waals surface area contributed by atoms with Crippen LogP contribution in [0.4, 0.5) is 4.39 Å². The minimum atomic E-state index is -0.404. The van der Waals surface area contributed by atoms with E-state index in [0.29, 0.717) is 13.1 Å². The van der Waals surface area contributed by atoms with E-state index in [0.717, 1.165) is 11.1 Å². The zero-order valence-corrected chi connectivity index (χ0v) is 10.4. The summed E-state index contributed by atoms with van der Waals surface area (Å²) < 4.78 is 12.9. The average Bonchev–Trinajstić information content (AvgIpc) is 2.36. The molecule has 0 saturated heterocycles. The molecule has 0 fully saturated rings. The van der Waals surface area contributed by atoms with E-state index in [9.17, 15) is 4.39 Å². The molecule has 2 aromatic carbocycles. The number of aromatic hydroxyl groups is 1. The lowest BCUT2D eigenvalue weighted by Gasteiger charge is -2.06. The molecule has 0 aliphatic rings. The van der Waals surface area contributed by atoms with Crippen molar-refractivity contribution in [3.05, 3.63) is 64.4 Å². The Morgan fingerprint density at radius 2 is 1.61 bits per heavy atom. The zero-order chi connectivity index (χ0) is 13.0. The lowest BCUT2D eigenvalue weighted by atomic mass is 10.2. The highest BCUT2D eigenvalue weighted by atomic mass is 35.5. The number of phenolic OH excluding ortho intramolecular Hbond substituents is 1. The predicted octanol–water partition coefficient (Wildman–Crippen LogP) is 3.47. The molecule has 0 saturated carbocycles. The monoisotopic (exact) mass is 265 g/mol. The number of hydrogen-bond donors (Lipinski definition) is 2. The van der Waals surface area contributed by atoms with E-state index in [1.54, 1.807) is 24.3 Å². The van der Waals surface area contributed by atoms with Crippen molar-refractivity contribution >= 4 is 11.6 Å². The Labute approximate surface area is 110 Å². The van der Waals surface area contributed by atoms with Crippen LogP contribution in [0.15, 0.2) is 42.5 Å². The van der Waals surface area contributed by atoms with Crippen LogP contribution < -0.4 is 5.32 Å². The summed E-state index contributed by atoms with van der Waals surface area (Å²) in [5.74, 6) is -0.150. The highest BCUT2D eigenvalue weighted by Crippen LogP contribution is 2.16. The van der Waals surface area contributed by atoms with E-state index in [4.69, 9.17) is 16.7 Å². The van der Waals surface area contributed by atoms with Crippen molar-refractivity contribution in [3.8, 4) is 5.75 Å². The van der Waals surface area contributed by atoms with E-state index in [1.807, 2.05) is 12.1 Å². The third kappa shape index (κ3) is 3.45. The third-order valence-electron chi connectivity index (χ3n) is 2.58. The molecule has 0 aliphatic heterocycles. The maximum absolute atomic E-state index is 12.9. The van der Waals surface area contributed by atoms with Gasteiger partial charge in [0.2, 0.25) is 0 Å². The number of benzene rings is 2. The van der Waals surface area contributed by atoms with Crippen molar-refractivity contribution in [2.75, 3.05) is 0 Å². The minimum absolute atomic E-state index is 0.138. The number of hydrogen-bond acceptors (Lipinski definition) is 2. The van der Waals surface area contributed by atoms with E-state index in [-0.39, 0.29) is 10.8 Å². The fourth-order valence-electron chi connectivity index (χ4n) is 1.61. The second-order valence-corrected chi connectivity index (χ2v) is 4.43. The first-order valence-electron chi connectivity index (χ1n) is 5.58. The number of phenols is 1. The molecule has 18 heavy (non-hydrogen) atoms. The smallest absolute Gasteiger partial charge is 0.141 e. The molecule has 4 heteroatoms. The first-order chi connectivity index (χ1) is 8.65. The summed E-state index contributed by atoms with van der Waals surface area (Å²) in [6.07, 6.45) is 0. The van der Waals surface area contributed by atoms with Gasteiger partial charge in [-0.15, -0.1) is 0 Å². The number of rotatable bonds is 4. The molecule has 0 radical (unpaired) electrons. The first-order valence-corrected chi connectivity index (χ1v) is 5.95. The summed E-state index contributed by atoms with van der Waals surface area (Å²) in [5.41, 5.74) is 2.00. The fraction of sp³-hybridized carbons (Fsp3) is 0.143. The molecule has 0 atom stereocenters. The van der Waals surface area contributed by atoms with Crippen LogP contribution in [0.5, 0.6) is 5.75 Å². The zero-order valence-electron chi connectivity index (χ0n) is 9.66. The molecule has 2 rings (SSSR count). The van der Waals surface area contributed by atoms with E-state index in [1.165, 1.54) is 6.07 Å². The highest BCUT2D eigenvalue weighted by Gasteiger charge is 2.00. The fourth-order valence-corrected chi connectivity index (χ4v) is 1.82. The molecule has 2 nitrogen and oxygen atoms in total. The van der Waals surface area contributed by atoms with Gasteiger partial charge in [-0.1, -0.05) is 29.8 Å². The molecule has 0 unspecified atom stereocenters. The summed E-state index contributed by atoms with van der Waals surface area (Å²) in [5, 5.41) is 12.5. The predicted molar refractivity (Wildman–Crippen MR) is 70.1 cm³/mol. The van der Waals surface area contributed by atoms with Gasteiger partial charge in [0.25, 0.3) is 0 Å². The van der Waals surface area contributed by atoms with Gasteiger partial charge in [0.05, 0.1) is 5.02 Å². The Balaban J connectivity index is 1.88. The van der Waals surface area contributed by atoms with Crippen LogP contribution >= 0.6 is 11.6 Å². The molecule has 0 aliphatic carbocycles. The normalized spacial score (nSPS) is 10.6. The van der Waals surface area contributed by atoms with E-state index < -0.39 is 5.82 Å². The standard InChI is InChI=1S/C14H13ClFNO/c15-13-7-11(3-6-14(13)16)9-17-8-10-1-4-12(18)5-2-10/h1-7,17-18H,8-9H2. The molecule has 2 N–H and O–H groups in total. The Morgan fingerprint density at radius 1 is 1.00 bits per heavy atom. The van der Waals surface area contributed by atoms with Gasteiger partial charge < -0.3 is 10.4 Å². The van der Waals surface area contributed by atoms with Crippen LogP contribution in [0.25, 0.3) is 0 Å². The van der Waals surface area contributed by atoms with E-state index >= 15 is 0 Å². The largest absolute Gasteiger partial charge is 0.508 e. The van der Waals surface area contributed by atoms with Gasteiger partial charge >= 0.3 is 0 Å². The summed E-state index contributed by atoms with van der Waals surface area (Å²) >= 11 is 5.70. The van der Waals surface area contributed by atoms with Crippen LogP contribution in [0.1, 0.15) is 11.1 Å². The Morgan fingerprint density at radius 3 is 2.28 bits per heavy atom. The van der Waals surface area contributed by atoms with Gasteiger partial charge in [0, 0.05) is 13.1 Å². The Hall–Kier alpha value is -1.58. The van der Waals surface area contributed by atoms with Gasteiger partial charge in [-0.3, -0.25) is 0 Å². The first kappa shape index (κ1) is 12.9.